The number of halogens is 1. The van der Waals surface area contributed by atoms with Gasteiger partial charge in [-0.15, -0.1) is 11.3 Å². The SMILES string of the molecule is COc1ccc(CCC(=O)NCc2ccc(C)s2)cc1Br. The third-order valence-corrected chi connectivity index (χ3v) is 4.73. The van der Waals surface area contributed by atoms with Crippen molar-refractivity contribution in [2.24, 2.45) is 0 Å². The van der Waals surface area contributed by atoms with E-state index in [0.717, 1.165) is 22.2 Å². The van der Waals surface area contributed by atoms with Gasteiger partial charge in [-0.25, -0.2) is 0 Å². The third kappa shape index (κ3) is 4.86. The highest BCUT2D eigenvalue weighted by Gasteiger charge is 2.06. The Labute approximate surface area is 137 Å². The molecule has 1 N–H and O–H groups in total. The molecule has 0 aliphatic carbocycles. The zero-order chi connectivity index (χ0) is 15.2. The maximum Gasteiger partial charge on any atom is 0.220 e. The van der Waals surface area contributed by atoms with Crippen LogP contribution in [0.5, 0.6) is 5.75 Å². The van der Waals surface area contributed by atoms with Crippen molar-refractivity contribution in [3.63, 3.8) is 0 Å². The molecule has 0 bridgehead atoms. The first-order valence-corrected chi connectivity index (χ1v) is 8.34. The predicted octanol–water partition coefficient (Wildman–Crippen LogP) is 4.08. The maximum absolute atomic E-state index is 11.9. The first-order valence-electron chi connectivity index (χ1n) is 6.73. The van der Waals surface area contributed by atoms with Gasteiger partial charge in [-0.2, -0.15) is 0 Å². The minimum absolute atomic E-state index is 0.0768. The molecule has 0 fully saturated rings. The molecule has 0 atom stereocenters. The summed E-state index contributed by atoms with van der Waals surface area (Å²) in [7, 11) is 1.64. The lowest BCUT2D eigenvalue weighted by Gasteiger charge is -2.07. The lowest BCUT2D eigenvalue weighted by atomic mass is 10.1. The highest BCUT2D eigenvalue weighted by atomic mass is 79.9. The van der Waals surface area contributed by atoms with Crippen LogP contribution in [-0.4, -0.2) is 13.0 Å². The molecule has 0 aliphatic rings. The summed E-state index contributed by atoms with van der Waals surface area (Å²) in [6, 6.07) is 10.0. The number of hydrogen-bond donors (Lipinski definition) is 1. The Balaban J connectivity index is 1.79. The van der Waals surface area contributed by atoms with Crippen molar-refractivity contribution >= 4 is 33.2 Å². The van der Waals surface area contributed by atoms with Crippen LogP contribution >= 0.6 is 27.3 Å². The molecule has 5 heteroatoms. The molecule has 1 heterocycles. The van der Waals surface area contributed by atoms with E-state index in [-0.39, 0.29) is 5.91 Å². The first kappa shape index (κ1) is 16.0. The fourth-order valence-electron chi connectivity index (χ4n) is 1.98. The molecule has 112 valence electrons. The van der Waals surface area contributed by atoms with Gasteiger partial charge >= 0.3 is 0 Å². The second-order valence-corrected chi connectivity index (χ2v) is 6.98. The Morgan fingerprint density at radius 1 is 1.33 bits per heavy atom. The molecule has 2 aromatic rings. The Hall–Kier alpha value is -1.33. The number of carbonyl (C=O) groups is 1. The Morgan fingerprint density at radius 2 is 2.14 bits per heavy atom. The normalized spacial score (nSPS) is 10.4. The average molecular weight is 368 g/mol. The summed E-state index contributed by atoms with van der Waals surface area (Å²) in [6.07, 6.45) is 1.21. The van der Waals surface area contributed by atoms with E-state index in [2.05, 4.69) is 40.3 Å². The molecular formula is C16H18BrNO2S. The number of aryl methyl sites for hydroxylation is 2. The average Bonchev–Trinajstić information content (AvgIpc) is 2.89. The number of nitrogens with one attached hydrogen (secondary N) is 1. The van der Waals surface area contributed by atoms with Crippen molar-refractivity contribution in [3.05, 3.63) is 50.1 Å². The van der Waals surface area contributed by atoms with Crippen LogP contribution in [0.4, 0.5) is 0 Å². The van der Waals surface area contributed by atoms with Gasteiger partial charge in [0.25, 0.3) is 0 Å². The topological polar surface area (TPSA) is 38.3 Å². The van der Waals surface area contributed by atoms with Crippen LogP contribution in [-0.2, 0) is 17.8 Å². The molecule has 0 saturated carbocycles. The second-order valence-electron chi connectivity index (χ2n) is 4.76. The van der Waals surface area contributed by atoms with Crippen LogP contribution in [0.25, 0.3) is 0 Å². The van der Waals surface area contributed by atoms with E-state index in [0.29, 0.717) is 13.0 Å². The van der Waals surface area contributed by atoms with E-state index in [1.54, 1.807) is 18.4 Å². The minimum atomic E-state index is 0.0768. The predicted molar refractivity (Wildman–Crippen MR) is 89.9 cm³/mol. The Bertz CT molecular complexity index is 624. The van der Waals surface area contributed by atoms with Gasteiger partial charge in [-0.1, -0.05) is 6.07 Å². The Kier molecular flexibility index (Phi) is 5.82. The molecule has 0 unspecified atom stereocenters. The van der Waals surface area contributed by atoms with Gasteiger partial charge in [0.15, 0.2) is 0 Å². The maximum atomic E-state index is 11.9. The van der Waals surface area contributed by atoms with Gasteiger partial charge in [0.05, 0.1) is 18.1 Å². The highest BCUT2D eigenvalue weighted by molar-refractivity contribution is 9.10. The summed E-state index contributed by atoms with van der Waals surface area (Å²) in [6.45, 7) is 2.68. The number of rotatable bonds is 6. The van der Waals surface area contributed by atoms with Crippen LogP contribution in [0.2, 0.25) is 0 Å². The van der Waals surface area contributed by atoms with Gasteiger partial charge in [0.1, 0.15) is 5.75 Å². The number of hydrogen-bond acceptors (Lipinski definition) is 3. The van der Waals surface area contributed by atoms with Crippen molar-refractivity contribution in [3.8, 4) is 5.75 Å². The van der Waals surface area contributed by atoms with Gasteiger partial charge in [0, 0.05) is 16.2 Å². The number of benzene rings is 1. The molecule has 2 rings (SSSR count). The summed E-state index contributed by atoms with van der Waals surface area (Å²) in [5.41, 5.74) is 1.12. The zero-order valence-corrected chi connectivity index (χ0v) is 14.5. The fraction of sp³-hybridized carbons (Fsp3) is 0.312. The van der Waals surface area contributed by atoms with Crippen LogP contribution in [0.15, 0.2) is 34.8 Å². The number of ether oxygens (including phenoxy) is 1. The first-order chi connectivity index (χ1) is 10.1. The Morgan fingerprint density at radius 3 is 2.76 bits per heavy atom. The monoisotopic (exact) mass is 367 g/mol. The van der Waals surface area contributed by atoms with Gasteiger partial charge in [-0.05, 0) is 59.1 Å². The lowest BCUT2D eigenvalue weighted by Crippen LogP contribution is -2.22. The van der Waals surface area contributed by atoms with E-state index >= 15 is 0 Å². The van der Waals surface area contributed by atoms with Gasteiger partial charge in [-0.3, -0.25) is 4.79 Å². The van der Waals surface area contributed by atoms with Crippen molar-refractivity contribution in [2.75, 3.05) is 7.11 Å². The van der Waals surface area contributed by atoms with Crippen molar-refractivity contribution < 1.29 is 9.53 Å². The fourth-order valence-corrected chi connectivity index (χ4v) is 3.40. The largest absolute Gasteiger partial charge is 0.496 e. The van der Waals surface area contributed by atoms with E-state index in [4.69, 9.17) is 4.74 Å². The molecule has 0 spiro atoms. The molecule has 3 nitrogen and oxygen atoms in total. The zero-order valence-electron chi connectivity index (χ0n) is 12.1. The van der Waals surface area contributed by atoms with Crippen LogP contribution in [0, 0.1) is 6.92 Å². The molecular weight excluding hydrogens is 350 g/mol. The highest BCUT2D eigenvalue weighted by Crippen LogP contribution is 2.25. The number of carbonyl (C=O) groups excluding carboxylic acids is 1. The number of methoxy groups -OCH3 is 1. The number of thiophene rings is 1. The van der Waals surface area contributed by atoms with Crippen LogP contribution in [0.1, 0.15) is 21.7 Å². The molecule has 1 amide bonds. The van der Waals surface area contributed by atoms with E-state index < -0.39 is 0 Å². The molecule has 21 heavy (non-hydrogen) atoms. The minimum Gasteiger partial charge on any atom is -0.496 e. The van der Waals surface area contributed by atoms with Crippen molar-refractivity contribution in [1.29, 1.82) is 0 Å². The van der Waals surface area contributed by atoms with Crippen molar-refractivity contribution in [1.82, 2.24) is 5.32 Å². The standard InChI is InChI=1S/C16H18BrNO2S/c1-11-3-6-13(21-11)10-18-16(19)8-5-12-4-7-15(20-2)14(17)9-12/h3-4,6-7,9H,5,8,10H2,1-2H3,(H,18,19). The van der Waals surface area contributed by atoms with Crippen LogP contribution in [0.3, 0.4) is 0 Å². The summed E-state index contributed by atoms with van der Waals surface area (Å²) in [5.74, 6) is 0.879. The third-order valence-electron chi connectivity index (χ3n) is 3.11. The molecule has 1 aromatic heterocycles. The summed E-state index contributed by atoms with van der Waals surface area (Å²) in [5, 5.41) is 2.95. The molecule has 0 saturated heterocycles. The summed E-state index contributed by atoms with van der Waals surface area (Å²) in [4.78, 5) is 14.3. The quantitative estimate of drug-likeness (QED) is 0.835. The second kappa shape index (κ2) is 7.61. The van der Waals surface area contributed by atoms with Crippen molar-refractivity contribution in [2.45, 2.75) is 26.3 Å². The lowest BCUT2D eigenvalue weighted by molar-refractivity contribution is -0.121. The summed E-state index contributed by atoms with van der Waals surface area (Å²) >= 11 is 5.17. The summed E-state index contributed by atoms with van der Waals surface area (Å²) < 4.78 is 6.10. The smallest absolute Gasteiger partial charge is 0.220 e. The van der Waals surface area contributed by atoms with Crippen LogP contribution < -0.4 is 10.1 Å². The molecule has 0 aliphatic heterocycles. The molecule has 0 radical (unpaired) electrons. The van der Waals surface area contributed by atoms with E-state index in [1.807, 2.05) is 18.2 Å². The van der Waals surface area contributed by atoms with Gasteiger partial charge < -0.3 is 10.1 Å². The van der Waals surface area contributed by atoms with Gasteiger partial charge in [0.2, 0.25) is 5.91 Å². The van der Waals surface area contributed by atoms with E-state index in [9.17, 15) is 4.79 Å². The molecule has 1 aromatic carbocycles. The number of amides is 1. The van der Waals surface area contributed by atoms with E-state index in [1.165, 1.54) is 9.75 Å².